The maximum Gasteiger partial charge on any atom is 0.219 e. The third-order valence-electron chi connectivity index (χ3n) is 4.30. The van der Waals surface area contributed by atoms with Gasteiger partial charge in [0.1, 0.15) is 10.0 Å². The molecule has 4 aromatic heterocycles. The summed E-state index contributed by atoms with van der Waals surface area (Å²) in [5.41, 5.74) is 1.09. The zero-order chi connectivity index (χ0) is 26.5. The van der Waals surface area contributed by atoms with Crippen LogP contribution >= 0.6 is 11.3 Å². The van der Waals surface area contributed by atoms with Crippen molar-refractivity contribution < 1.29 is 4.42 Å². The van der Waals surface area contributed by atoms with Crippen LogP contribution in [0.15, 0.2) is 29.3 Å². The quantitative estimate of drug-likeness (QED) is 0.291. The van der Waals surface area contributed by atoms with Crippen LogP contribution in [0.2, 0.25) is 0 Å². The molecule has 0 aliphatic heterocycles. The lowest BCUT2D eigenvalue weighted by molar-refractivity contribution is 0.448. The predicted octanol–water partition coefficient (Wildman–Crippen LogP) is 6.74. The van der Waals surface area contributed by atoms with Gasteiger partial charge in [-0.2, -0.15) is 15.0 Å². The Morgan fingerprint density at radius 1 is 0.778 bits per heavy atom. The molecule has 0 aliphatic carbocycles. The lowest BCUT2D eigenvalue weighted by Gasteiger charge is -2.02. The number of nitrogens with zero attached hydrogens (tertiary/aromatic N) is 9. The number of aryl methyl sites for hydroxylation is 3. The van der Waals surface area contributed by atoms with Gasteiger partial charge < -0.3 is 8.98 Å². The summed E-state index contributed by atoms with van der Waals surface area (Å²) >= 11 is 1.67. The number of imidazole rings is 1. The summed E-state index contributed by atoms with van der Waals surface area (Å²) in [6.45, 7) is 22.4. The van der Waals surface area contributed by atoms with Crippen molar-refractivity contribution in [3.05, 3.63) is 52.4 Å². The average Bonchev–Trinajstić information content (AvgIpc) is 3.57. The van der Waals surface area contributed by atoms with E-state index in [9.17, 15) is 0 Å². The van der Waals surface area contributed by atoms with Crippen LogP contribution in [0.3, 0.4) is 0 Å². The standard InChI is InChI=1S/C7H12N2.C6H10N2O.C6H10N2S.C5H9N3.CH4/c1-6(2)9-4-7(3)8-5-9;2*1-4(2)6-8-7-5(3)9-6;1-5(2)8-6-3-4-7-8;/h4-6H,1-3H3;2*4H,1-3H3;3-5H,1-2H3;1H4. The summed E-state index contributed by atoms with van der Waals surface area (Å²) in [6, 6.07) is 0.913. The number of rotatable bonds is 4. The van der Waals surface area contributed by atoms with Gasteiger partial charge in [-0.15, -0.1) is 31.7 Å². The third kappa shape index (κ3) is 12.7. The molecule has 4 aromatic rings. The summed E-state index contributed by atoms with van der Waals surface area (Å²) in [5.74, 6) is 2.22. The second kappa shape index (κ2) is 16.7. The zero-order valence-electron chi connectivity index (χ0n) is 23.0. The highest BCUT2D eigenvalue weighted by atomic mass is 32.1. The van der Waals surface area contributed by atoms with E-state index in [1.54, 1.807) is 35.5 Å². The highest BCUT2D eigenvalue weighted by Crippen LogP contribution is 2.17. The molecule has 0 atom stereocenters. The van der Waals surface area contributed by atoms with Gasteiger partial charge >= 0.3 is 0 Å². The maximum absolute atomic E-state index is 5.12. The highest BCUT2D eigenvalue weighted by Gasteiger charge is 2.05. The minimum Gasteiger partial charge on any atom is -0.425 e. The molecule has 0 fully saturated rings. The fraction of sp³-hybridized carbons (Fsp3) is 0.640. The van der Waals surface area contributed by atoms with E-state index in [-0.39, 0.29) is 7.43 Å². The van der Waals surface area contributed by atoms with Crippen LogP contribution < -0.4 is 0 Å². The molecule has 4 rings (SSSR count). The molecule has 0 radical (unpaired) electrons. The van der Waals surface area contributed by atoms with E-state index in [1.165, 1.54) is 0 Å². The van der Waals surface area contributed by atoms with E-state index in [0.717, 1.165) is 15.7 Å². The summed E-state index contributed by atoms with van der Waals surface area (Å²) in [7, 11) is 0. The molecule has 0 spiro atoms. The van der Waals surface area contributed by atoms with Gasteiger partial charge in [-0.25, -0.2) is 4.98 Å². The van der Waals surface area contributed by atoms with E-state index in [1.807, 2.05) is 54.1 Å². The van der Waals surface area contributed by atoms with Gasteiger partial charge in [-0.3, -0.25) is 0 Å². The smallest absolute Gasteiger partial charge is 0.219 e. The van der Waals surface area contributed by atoms with E-state index in [4.69, 9.17) is 4.42 Å². The molecule has 4 heterocycles. The van der Waals surface area contributed by atoms with Crippen molar-refractivity contribution in [3.8, 4) is 0 Å². The summed E-state index contributed by atoms with van der Waals surface area (Å²) in [4.78, 5) is 5.77. The Hall–Kier alpha value is -2.95. The van der Waals surface area contributed by atoms with Crippen LogP contribution in [-0.4, -0.2) is 44.9 Å². The first-order valence-corrected chi connectivity index (χ1v) is 12.7. The Bertz CT molecular complexity index is 958. The molecule has 0 saturated heterocycles. The van der Waals surface area contributed by atoms with Gasteiger partial charge in [0.15, 0.2) is 0 Å². The van der Waals surface area contributed by atoms with Crippen molar-refractivity contribution in [2.45, 2.75) is 108 Å². The first-order valence-electron chi connectivity index (χ1n) is 11.9. The molecule has 36 heavy (non-hydrogen) atoms. The second-order valence-corrected chi connectivity index (χ2v) is 10.3. The Morgan fingerprint density at radius 2 is 1.39 bits per heavy atom. The number of aromatic nitrogens is 9. The van der Waals surface area contributed by atoms with Crippen molar-refractivity contribution in [2.24, 2.45) is 0 Å². The Balaban J connectivity index is 0.000000450. The molecule has 0 amide bonds. The molecular formula is C25H45N9OS. The van der Waals surface area contributed by atoms with Crippen molar-refractivity contribution in [2.75, 3.05) is 0 Å². The van der Waals surface area contributed by atoms with Crippen LogP contribution in [0.5, 0.6) is 0 Å². The van der Waals surface area contributed by atoms with Crippen molar-refractivity contribution in [1.29, 1.82) is 0 Å². The van der Waals surface area contributed by atoms with Crippen molar-refractivity contribution in [3.63, 3.8) is 0 Å². The SMILES string of the molecule is C.CC(C)n1nccn1.Cc1cn(C(C)C)cn1.Cc1nnc(C(C)C)o1.Cc1nnc(C(C)C)s1. The topological polar surface area (TPSA) is 113 Å². The Labute approximate surface area is 220 Å². The summed E-state index contributed by atoms with van der Waals surface area (Å²) < 4.78 is 7.22. The maximum atomic E-state index is 5.12. The monoisotopic (exact) mass is 519 g/mol. The van der Waals surface area contributed by atoms with Crippen molar-refractivity contribution >= 4 is 11.3 Å². The summed E-state index contributed by atoms with van der Waals surface area (Å²) in [5, 5.41) is 25.4. The van der Waals surface area contributed by atoms with Gasteiger partial charge in [0.05, 0.1) is 30.5 Å². The fourth-order valence-electron chi connectivity index (χ4n) is 2.31. The second-order valence-electron chi connectivity index (χ2n) is 9.13. The van der Waals surface area contributed by atoms with Gasteiger partial charge in [0.2, 0.25) is 11.8 Å². The lowest BCUT2D eigenvalue weighted by atomic mass is 10.2. The number of hydrogen-bond acceptors (Lipinski definition) is 9. The first-order chi connectivity index (χ1) is 16.4. The molecule has 0 unspecified atom stereocenters. The molecule has 202 valence electrons. The van der Waals surface area contributed by atoms with Gasteiger partial charge in [-0.05, 0) is 41.5 Å². The zero-order valence-corrected chi connectivity index (χ0v) is 23.8. The molecule has 10 nitrogen and oxygen atoms in total. The predicted molar refractivity (Wildman–Crippen MR) is 146 cm³/mol. The third-order valence-corrected chi connectivity index (χ3v) is 5.44. The minimum atomic E-state index is 0. The van der Waals surface area contributed by atoms with E-state index < -0.39 is 0 Å². The van der Waals surface area contributed by atoms with E-state index in [2.05, 4.69) is 67.8 Å². The highest BCUT2D eigenvalue weighted by molar-refractivity contribution is 7.11. The first kappa shape index (κ1) is 33.0. The van der Waals surface area contributed by atoms with Crippen LogP contribution in [0.25, 0.3) is 0 Å². The lowest BCUT2D eigenvalue weighted by Crippen LogP contribution is -2.03. The fourth-order valence-corrected chi connectivity index (χ4v) is 3.01. The Morgan fingerprint density at radius 3 is 1.61 bits per heavy atom. The minimum absolute atomic E-state index is 0. The molecule has 0 bridgehead atoms. The van der Waals surface area contributed by atoms with E-state index >= 15 is 0 Å². The largest absolute Gasteiger partial charge is 0.425 e. The molecule has 0 N–H and O–H groups in total. The van der Waals surface area contributed by atoms with Gasteiger partial charge in [0, 0.05) is 31.0 Å². The van der Waals surface area contributed by atoms with E-state index in [0.29, 0.717) is 35.7 Å². The molecule has 0 saturated carbocycles. The molecule has 11 heteroatoms. The normalized spacial score (nSPS) is 10.3. The number of hydrogen-bond donors (Lipinski definition) is 0. The Kier molecular flexibility index (Phi) is 15.3. The van der Waals surface area contributed by atoms with Crippen LogP contribution in [0.1, 0.15) is 114 Å². The van der Waals surface area contributed by atoms with Crippen molar-refractivity contribution in [1.82, 2.24) is 44.9 Å². The van der Waals surface area contributed by atoms with Gasteiger partial charge in [-0.1, -0.05) is 35.1 Å². The molecule has 0 aliphatic rings. The molecular weight excluding hydrogens is 474 g/mol. The van der Waals surface area contributed by atoms with Gasteiger partial charge in [0.25, 0.3) is 0 Å². The average molecular weight is 520 g/mol. The molecule has 0 aromatic carbocycles. The van der Waals surface area contributed by atoms with Crippen LogP contribution in [-0.2, 0) is 0 Å². The van der Waals surface area contributed by atoms with Crippen LogP contribution in [0, 0.1) is 20.8 Å². The summed E-state index contributed by atoms with van der Waals surface area (Å²) in [6.07, 6.45) is 7.27. The van der Waals surface area contributed by atoms with Crippen LogP contribution in [0.4, 0.5) is 0 Å².